The van der Waals surface area contributed by atoms with Gasteiger partial charge in [-0.15, -0.1) is 0 Å². The van der Waals surface area contributed by atoms with Crippen molar-refractivity contribution in [3.05, 3.63) is 0 Å². The van der Waals surface area contributed by atoms with Crippen molar-refractivity contribution in [2.75, 3.05) is 19.6 Å². The Bertz CT molecular complexity index is 302. The minimum atomic E-state index is -0.196. The quantitative estimate of drug-likeness (QED) is 0.781. The maximum atomic E-state index is 11.2. The molecular formula is C16H31N3O. The Morgan fingerprint density at radius 2 is 1.95 bits per heavy atom. The molecule has 2 fully saturated rings. The zero-order valence-electron chi connectivity index (χ0n) is 12.9. The first-order valence-corrected chi connectivity index (χ1v) is 8.44. The highest BCUT2D eigenvalue weighted by Gasteiger charge is 2.29. The van der Waals surface area contributed by atoms with E-state index in [-0.39, 0.29) is 5.91 Å². The smallest absolute Gasteiger partial charge is 0.231 e. The first-order valence-electron chi connectivity index (χ1n) is 8.44. The molecule has 2 atom stereocenters. The second-order valence-electron chi connectivity index (χ2n) is 6.75. The van der Waals surface area contributed by atoms with Crippen LogP contribution in [0.4, 0.5) is 0 Å². The summed E-state index contributed by atoms with van der Waals surface area (Å²) < 4.78 is 0. The van der Waals surface area contributed by atoms with E-state index in [4.69, 9.17) is 5.73 Å². The molecule has 0 spiro atoms. The van der Waals surface area contributed by atoms with Gasteiger partial charge in [0.15, 0.2) is 0 Å². The lowest BCUT2D eigenvalue weighted by Crippen LogP contribution is -2.53. The van der Waals surface area contributed by atoms with E-state index in [1.807, 2.05) is 0 Å². The van der Waals surface area contributed by atoms with Gasteiger partial charge in [0, 0.05) is 25.2 Å². The van der Waals surface area contributed by atoms with E-state index in [1.165, 1.54) is 51.4 Å². The maximum absolute atomic E-state index is 11.2. The van der Waals surface area contributed by atoms with E-state index >= 15 is 0 Å². The van der Waals surface area contributed by atoms with Crippen molar-refractivity contribution in [3.63, 3.8) is 0 Å². The van der Waals surface area contributed by atoms with E-state index in [0.717, 1.165) is 13.1 Å². The molecule has 20 heavy (non-hydrogen) atoms. The zero-order valence-corrected chi connectivity index (χ0v) is 12.9. The summed E-state index contributed by atoms with van der Waals surface area (Å²) in [7, 11) is 0. The second kappa shape index (κ2) is 7.99. The highest BCUT2D eigenvalue weighted by atomic mass is 16.1. The molecule has 0 aromatic carbocycles. The van der Waals surface area contributed by atoms with Gasteiger partial charge in [0.05, 0.1) is 6.54 Å². The van der Waals surface area contributed by atoms with E-state index in [1.54, 1.807) is 0 Å². The number of nitrogens with zero attached hydrogens (tertiary/aromatic N) is 1. The van der Waals surface area contributed by atoms with Gasteiger partial charge >= 0.3 is 0 Å². The number of likely N-dealkylation sites (tertiary alicyclic amines) is 1. The van der Waals surface area contributed by atoms with Crippen molar-refractivity contribution in [1.82, 2.24) is 10.2 Å². The number of nitrogens with two attached hydrogens (primary N) is 1. The summed E-state index contributed by atoms with van der Waals surface area (Å²) in [6.07, 6.45) is 10.5. The molecule has 1 saturated carbocycles. The van der Waals surface area contributed by atoms with Crippen LogP contribution < -0.4 is 11.1 Å². The predicted molar refractivity (Wildman–Crippen MR) is 82.4 cm³/mol. The minimum Gasteiger partial charge on any atom is -0.369 e. The largest absolute Gasteiger partial charge is 0.369 e. The molecule has 1 aliphatic carbocycles. The molecule has 116 valence electrons. The SMILES string of the molecule is CCCC1CC(NC2CCCCC2)CN(CC(N)=O)C1. The molecule has 1 amide bonds. The fourth-order valence-corrected chi connectivity index (χ4v) is 3.99. The third kappa shape index (κ3) is 5.06. The summed E-state index contributed by atoms with van der Waals surface area (Å²) in [6, 6.07) is 1.24. The first-order chi connectivity index (χ1) is 9.67. The molecule has 2 aliphatic rings. The lowest BCUT2D eigenvalue weighted by atomic mass is 9.88. The summed E-state index contributed by atoms with van der Waals surface area (Å²) in [4.78, 5) is 13.4. The summed E-state index contributed by atoms with van der Waals surface area (Å²) in [5.74, 6) is 0.521. The third-order valence-corrected chi connectivity index (χ3v) is 4.77. The highest BCUT2D eigenvalue weighted by molar-refractivity contribution is 5.75. The van der Waals surface area contributed by atoms with E-state index in [9.17, 15) is 4.79 Å². The lowest BCUT2D eigenvalue weighted by Gasteiger charge is -2.40. The Morgan fingerprint density at radius 1 is 1.20 bits per heavy atom. The summed E-state index contributed by atoms with van der Waals surface area (Å²) in [6.45, 7) is 4.69. The lowest BCUT2D eigenvalue weighted by molar-refractivity contribution is -0.119. The van der Waals surface area contributed by atoms with Crippen molar-refractivity contribution in [2.24, 2.45) is 11.7 Å². The Morgan fingerprint density at radius 3 is 2.60 bits per heavy atom. The van der Waals surface area contributed by atoms with Gasteiger partial charge in [-0.3, -0.25) is 9.69 Å². The number of hydrogen-bond donors (Lipinski definition) is 2. The minimum absolute atomic E-state index is 0.196. The molecule has 1 saturated heterocycles. The van der Waals surface area contributed by atoms with Gasteiger partial charge in [0.2, 0.25) is 5.91 Å². The standard InChI is InChI=1S/C16H31N3O/c1-2-6-13-9-15(11-19(10-13)12-16(17)20)18-14-7-4-3-5-8-14/h13-15,18H,2-12H2,1H3,(H2,17,20). The average Bonchev–Trinajstić information content (AvgIpc) is 2.39. The van der Waals surface area contributed by atoms with Crippen molar-refractivity contribution >= 4 is 5.91 Å². The molecule has 2 rings (SSSR count). The molecule has 3 N–H and O–H groups in total. The molecule has 4 heteroatoms. The van der Waals surface area contributed by atoms with Gasteiger partial charge in [0.1, 0.15) is 0 Å². The topological polar surface area (TPSA) is 58.4 Å². The highest BCUT2D eigenvalue weighted by Crippen LogP contribution is 2.24. The molecule has 1 heterocycles. The van der Waals surface area contributed by atoms with Crippen LogP contribution in [0.3, 0.4) is 0 Å². The van der Waals surface area contributed by atoms with Gasteiger partial charge in [-0.1, -0.05) is 32.6 Å². The van der Waals surface area contributed by atoms with Crippen LogP contribution in [0, 0.1) is 5.92 Å². The maximum Gasteiger partial charge on any atom is 0.231 e. The fraction of sp³-hybridized carbons (Fsp3) is 0.938. The molecule has 4 nitrogen and oxygen atoms in total. The number of nitrogens with one attached hydrogen (secondary N) is 1. The zero-order chi connectivity index (χ0) is 14.4. The first kappa shape index (κ1) is 15.8. The van der Waals surface area contributed by atoms with Crippen LogP contribution in [0.15, 0.2) is 0 Å². The number of piperidine rings is 1. The van der Waals surface area contributed by atoms with Crippen LogP contribution in [0.1, 0.15) is 58.3 Å². The molecule has 0 aromatic heterocycles. The summed E-state index contributed by atoms with van der Waals surface area (Å²) in [5, 5.41) is 3.86. The molecule has 0 bridgehead atoms. The number of rotatable bonds is 6. The predicted octanol–water partition coefficient (Wildman–Crippen LogP) is 1.88. The van der Waals surface area contributed by atoms with Crippen LogP contribution in [0.2, 0.25) is 0 Å². The Hall–Kier alpha value is -0.610. The van der Waals surface area contributed by atoms with E-state index < -0.39 is 0 Å². The number of carbonyl (C=O) groups excluding carboxylic acids is 1. The van der Waals surface area contributed by atoms with Crippen molar-refractivity contribution in [3.8, 4) is 0 Å². The van der Waals surface area contributed by atoms with Gasteiger partial charge < -0.3 is 11.1 Å². The Kier molecular flexibility index (Phi) is 6.30. The van der Waals surface area contributed by atoms with E-state index in [0.29, 0.717) is 24.5 Å². The van der Waals surface area contributed by atoms with Crippen molar-refractivity contribution in [2.45, 2.75) is 70.4 Å². The van der Waals surface area contributed by atoms with Crippen LogP contribution in [-0.4, -0.2) is 42.5 Å². The monoisotopic (exact) mass is 281 g/mol. The number of primary amides is 1. The Balaban J connectivity index is 1.86. The molecule has 1 aliphatic heterocycles. The van der Waals surface area contributed by atoms with Crippen LogP contribution in [0.5, 0.6) is 0 Å². The van der Waals surface area contributed by atoms with Crippen LogP contribution in [-0.2, 0) is 4.79 Å². The van der Waals surface area contributed by atoms with Crippen molar-refractivity contribution < 1.29 is 4.79 Å². The number of amides is 1. The average molecular weight is 281 g/mol. The second-order valence-corrected chi connectivity index (χ2v) is 6.75. The number of hydrogen-bond acceptors (Lipinski definition) is 3. The van der Waals surface area contributed by atoms with Crippen LogP contribution in [0.25, 0.3) is 0 Å². The van der Waals surface area contributed by atoms with Crippen molar-refractivity contribution in [1.29, 1.82) is 0 Å². The third-order valence-electron chi connectivity index (χ3n) is 4.77. The molecule has 2 unspecified atom stereocenters. The number of carbonyl (C=O) groups is 1. The normalized spacial score (nSPS) is 29.4. The fourth-order valence-electron chi connectivity index (χ4n) is 3.99. The Labute approximate surface area is 123 Å². The van der Waals surface area contributed by atoms with E-state index in [2.05, 4.69) is 17.1 Å². The van der Waals surface area contributed by atoms with Crippen LogP contribution >= 0.6 is 0 Å². The molecule has 0 aromatic rings. The van der Waals surface area contributed by atoms with Gasteiger partial charge in [-0.2, -0.15) is 0 Å². The van der Waals surface area contributed by atoms with Gasteiger partial charge in [0.25, 0.3) is 0 Å². The van der Waals surface area contributed by atoms with Gasteiger partial charge in [-0.25, -0.2) is 0 Å². The molecular weight excluding hydrogens is 250 g/mol. The summed E-state index contributed by atoms with van der Waals surface area (Å²) >= 11 is 0. The molecule has 0 radical (unpaired) electrons. The summed E-state index contributed by atoms with van der Waals surface area (Å²) in [5.41, 5.74) is 5.37. The van der Waals surface area contributed by atoms with Gasteiger partial charge in [-0.05, 0) is 31.6 Å².